The van der Waals surface area contributed by atoms with Gasteiger partial charge in [0, 0.05) is 17.1 Å². The second-order valence-electron chi connectivity index (χ2n) is 9.28. The summed E-state index contributed by atoms with van der Waals surface area (Å²) >= 11 is 6.25. The Hall–Kier alpha value is -3.63. The summed E-state index contributed by atoms with van der Waals surface area (Å²) in [6.07, 6.45) is 0.234. The molecule has 5 N–H and O–H groups in total. The summed E-state index contributed by atoms with van der Waals surface area (Å²) in [4.78, 5) is 53.8. The van der Waals surface area contributed by atoms with Crippen LogP contribution in [0, 0.1) is 11.8 Å². The third kappa shape index (κ3) is 3.51. The zero-order valence-corrected chi connectivity index (χ0v) is 20.5. The number of amides is 4. The van der Waals surface area contributed by atoms with E-state index in [-0.39, 0.29) is 13.0 Å². The van der Waals surface area contributed by atoms with Crippen LogP contribution in [0.3, 0.4) is 0 Å². The van der Waals surface area contributed by atoms with E-state index < -0.39 is 47.0 Å². The Balaban J connectivity index is 1.49. The second kappa shape index (κ2) is 8.79. The molecule has 2 aromatic rings. The number of nitrogens with zero attached hydrogens (tertiary/aromatic N) is 1. The van der Waals surface area contributed by atoms with Crippen molar-refractivity contribution in [2.75, 3.05) is 26.1 Å². The molecular formula is C25H26ClN4O6+. The molecule has 2 aromatic carbocycles. The SMILES string of the molecule is COc1ccc(CCN2C(=O)[C@H]3[C@H](CC(N)=O)[NH2+][C@]4(C(=O)Nc5ccc(Cl)cc54)[C@@H]3C2=O)cc1OC. The van der Waals surface area contributed by atoms with Crippen molar-refractivity contribution >= 4 is 40.9 Å². The van der Waals surface area contributed by atoms with Crippen LogP contribution in [0.15, 0.2) is 36.4 Å². The molecule has 0 radical (unpaired) electrons. The number of rotatable bonds is 7. The number of primary amides is 1. The highest BCUT2D eigenvalue weighted by Gasteiger charge is 2.74. The lowest BCUT2D eigenvalue weighted by molar-refractivity contribution is -0.732. The molecule has 1 spiro atoms. The maximum Gasteiger partial charge on any atom is 0.291 e. The Bertz CT molecular complexity index is 1300. The van der Waals surface area contributed by atoms with Crippen LogP contribution in [0.4, 0.5) is 5.69 Å². The predicted octanol–water partition coefficient (Wildman–Crippen LogP) is 0.170. The van der Waals surface area contributed by atoms with Crippen LogP contribution < -0.4 is 25.8 Å². The van der Waals surface area contributed by atoms with Gasteiger partial charge in [-0.2, -0.15) is 0 Å². The van der Waals surface area contributed by atoms with E-state index in [1.165, 1.54) is 19.1 Å². The van der Waals surface area contributed by atoms with Gasteiger partial charge in [0.05, 0.1) is 26.3 Å². The summed E-state index contributed by atoms with van der Waals surface area (Å²) in [7, 11) is 3.07. The van der Waals surface area contributed by atoms with E-state index in [1.54, 1.807) is 35.6 Å². The fourth-order valence-electron chi connectivity index (χ4n) is 5.91. The smallest absolute Gasteiger partial charge is 0.291 e. The average Bonchev–Trinajstić information content (AvgIpc) is 3.41. The molecule has 5 rings (SSSR count). The third-order valence-corrected chi connectivity index (χ3v) is 7.67. The largest absolute Gasteiger partial charge is 0.493 e. The number of carbonyl (C=O) groups is 4. The normalized spacial score (nSPS) is 26.2. The lowest BCUT2D eigenvalue weighted by atomic mass is 9.76. The topological polar surface area (TPSA) is 145 Å². The Morgan fingerprint density at radius 1 is 1.11 bits per heavy atom. The average molecular weight is 514 g/mol. The Labute approximate surface area is 212 Å². The molecule has 4 atom stereocenters. The molecule has 3 aliphatic heterocycles. The minimum atomic E-state index is -1.41. The number of anilines is 1. The van der Waals surface area contributed by atoms with Gasteiger partial charge in [0.25, 0.3) is 5.91 Å². The summed E-state index contributed by atoms with van der Waals surface area (Å²) in [6, 6.07) is 9.67. The number of hydrogen-bond acceptors (Lipinski definition) is 6. The van der Waals surface area contributed by atoms with Crippen LogP contribution in [0.1, 0.15) is 17.5 Å². The molecule has 11 heteroatoms. The number of quaternary nitrogens is 1. The molecule has 188 valence electrons. The van der Waals surface area contributed by atoms with Gasteiger partial charge in [-0.1, -0.05) is 17.7 Å². The van der Waals surface area contributed by atoms with Crippen molar-refractivity contribution in [3.05, 3.63) is 52.5 Å². The number of carbonyl (C=O) groups excluding carboxylic acids is 4. The summed E-state index contributed by atoms with van der Waals surface area (Å²) in [5, 5.41) is 4.88. The van der Waals surface area contributed by atoms with E-state index in [0.717, 1.165) is 5.56 Å². The van der Waals surface area contributed by atoms with Crippen molar-refractivity contribution in [1.82, 2.24) is 4.90 Å². The molecule has 4 amide bonds. The Morgan fingerprint density at radius 3 is 2.56 bits per heavy atom. The number of benzene rings is 2. The van der Waals surface area contributed by atoms with Crippen molar-refractivity contribution in [2.24, 2.45) is 17.6 Å². The van der Waals surface area contributed by atoms with E-state index in [4.69, 9.17) is 26.8 Å². The fraction of sp³-hybridized carbons (Fsp3) is 0.360. The molecule has 2 fully saturated rings. The number of hydrogen-bond donors (Lipinski definition) is 3. The van der Waals surface area contributed by atoms with Gasteiger partial charge >= 0.3 is 0 Å². The molecule has 0 unspecified atom stereocenters. The molecule has 0 aliphatic carbocycles. The van der Waals surface area contributed by atoms with E-state index in [1.807, 2.05) is 6.07 Å². The van der Waals surface area contributed by atoms with Gasteiger partial charge in [0.2, 0.25) is 23.3 Å². The molecule has 2 saturated heterocycles. The minimum absolute atomic E-state index is 0.115. The summed E-state index contributed by atoms with van der Waals surface area (Å²) in [5.41, 5.74) is 5.98. The first-order valence-electron chi connectivity index (χ1n) is 11.5. The number of halogens is 1. The lowest BCUT2D eigenvalue weighted by Gasteiger charge is -2.26. The minimum Gasteiger partial charge on any atom is -0.493 e. The van der Waals surface area contributed by atoms with E-state index in [0.29, 0.717) is 34.2 Å². The van der Waals surface area contributed by atoms with Crippen LogP contribution in [-0.4, -0.2) is 55.3 Å². The molecule has 10 nitrogen and oxygen atoms in total. The Morgan fingerprint density at radius 2 is 1.86 bits per heavy atom. The van der Waals surface area contributed by atoms with Crippen LogP contribution >= 0.6 is 11.6 Å². The summed E-state index contributed by atoms with van der Waals surface area (Å²) in [6.45, 7) is 0.115. The number of likely N-dealkylation sites (tertiary alicyclic amines) is 1. The third-order valence-electron chi connectivity index (χ3n) is 7.43. The molecular weight excluding hydrogens is 488 g/mol. The molecule has 36 heavy (non-hydrogen) atoms. The highest BCUT2D eigenvalue weighted by molar-refractivity contribution is 6.31. The van der Waals surface area contributed by atoms with Crippen molar-refractivity contribution in [3.63, 3.8) is 0 Å². The molecule has 3 heterocycles. The van der Waals surface area contributed by atoms with Crippen molar-refractivity contribution in [3.8, 4) is 11.5 Å². The highest BCUT2D eigenvalue weighted by atomic mass is 35.5. The number of methoxy groups -OCH3 is 2. The van der Waals surface area contributed by atoms with Crippen molar-refractivity contribution in [1.29, 1.82) is 0 Å². The maximum atomic E-state index is 13.8. The Kier molecular flexibility index (Phi) is 5.88. The quantitative estimate of drug-likeness (QED) is 0.450. The summed E-state index contributed by atoms with van der Waals surface area (Å²) in [5.74, 6) is -2.63. The van der Waals surface area contributed by atoms with Gasteiger partial charge in [-0.05, 0) is 42.3 Å². The first kappa shape index (κ1) is 24.1. The number of imide groups is 1. The van der Waals surface area contributed by atoms with Gasteiger partial charge in [-0.15, -0.1) is 0 Å². The fourth-order valence-corrected chi connectivity index (χ4v) is 6.08. The van der Waals surface area contributed by atoms with Crippen LogP contribution in [0.2, 0.25) is 5.02 Å². The van der Waals surface area contributed by atoms with Gasteiger partial charge < -0.3 is 25.8 Å². The van der Waals surface area contributed by atoms with Gasteiger partial charge in [0.1, 0.15) is 17.9 Å². The number of nitrogens with one attached hydrogen (secondary N) is 1. The predicted molar refractivity (Wildman–Crippen MR) is 128 cm³/mol. The second-order valence-corrected chi connectivity index (χ2v) is 9.72. The first-order valence-corrected chi connectivity index (χ1v) is 11.9. The monoisotopic (exact) mass is 513 g/mol. The lowest BCUT2D eigenvalue weighted by Crippen LogP contribution is -2.99. The van der Waals surface area contributed by atoms with Crippen molar-refractivity contribution in [2.45, 2.75) is 24.4 Å². The van der Waals surface area contributed by atoms with Gasteiger partial charge in [-0.3, -0.25) is 24.1 Å². The number of fused-ring (bicyclic) bond motifs is 4. The van der Waals surface area contributed by atoms with Gasteiger partial charge in [0.15, 0.2) is 11.5 Å². The van der Waals surface area contributed by atoms with Crippen LogP contribution in [0.25, 0.3) is 0 Å². The summed E-state index contributed by atoms with van der Waals surface area (Å²) < 4.78 is 10.6. The number of ether oxygens (including phenoxy) is 2. The maximum absolute atomic E-state index is 13.8. The number of nitrogens with two attached hydrogens (primary N) is 2. The standard InChI is InChI=1S/C25H25ClN4O6/c1-35-17-6-3-12(9-18(17)36-2)7-8-30-22(32)20-16(11-19(27)31)29-25(21(20)23(30)33)14-10-13(26)4-5-15(14)28-24(25)34/h3-6,9-10,16,20-21,29H,7-8,11H2,1-2H3,(H2,27,31)(H,28,34)/p+1/t16-,20-,21-,25-/m0/s1. The molecule has 3 aliphatic rings. The van der Waals surface area contributed by atoms with Crippen LogP contribution in [-0.2, 0) is 31.1 Å². The zero-order chi connectivity index (χ0) is 25.8. The highest BCUT2D eigenvalue weighted by Crippen LogP contribution is 2.50. The molecule has 0 saturated carbocycles. The van der Waals surface area contributed by atoms with E-state index >= 15 is 0 Å². The molecule has 0 aromatic heterocycles. The first-order chi connectivity index (χ1) is 17.2. The van der Waals surface area contributed by atoms with E-state index in [2.05, 4.69) is 5.32 Å². The van der Waals surface area contributed by atoms with Gasteiger partial charge in [-0.25, -0.2) is 0 Å². The molecule has 0 bridgehead atoms. The zero-order valence-electron chi connectivity index (χ0n) is 19.7. The van der Waals surface area contributed by atoms with Crippen molar-refractivity contribution < 1.29 is 34.0 Å². The van der Waals surface area contributed by atoms with Crippen LogP contribution in [0.5, 0.6) is 11.5 Å². The van der Waals surface area contributed by atoms with E-state index in [9.17, 15) is 19.2 Å².